The van der Waals surface area contributed by atoms with Crippen molar-refractivity contribution in [2.75, 3.05) is 23.3 Å². The van der Waals surface area contributed by atoms with E-state index < -0.39 is 15.4 Å². The molecule has 1 aliphatic heterocycles. The first kappa shape index (κ1) is 21.0. The molecule has 2 aromatic carbocycles. The fraction of sp³-hybridized carbons (Fsp3) is 0.381. The normalized spacial score (nSPS) is 15.5. The van der Waals surface area contributed by atoms with Crippen LogP contribution in [-0.4, -0.2) is 27.5 Å². The number of carbonyl (C=O) groups is 1. The van der Waals surface area contributed by atoms with Gasteiger partial charge in [0.15, 0.2) is 0 Å². The van der Waals surface area contributed by atoms with Gasteiger partial charge in [0.25, 0.3) is 10.0 Å². The van der Waals surface area contributed by atoms with Crippen LogP contribution in [0.4, 0.5) is 11.4 Å². The maximum Gasteiger partial charge on any atom is 0.261 e. The van der Waals surface area contributed by atoms with E-state index in [2.05, 4.69) is 10.0 Å². The predicted octanol–water partition coefficient (Wildman–Crippen LogP) is 3.94. The van der Waals surface area contributed by atoms with Crippen LogP contribution in [0.5, 0.6) is 11.5 Å². The number of anilines is 2. The second-order valence-electron chi connectivity index (χ2n) is 7.72. The largest absolute Gasteiger partial charge is 0.493 e. The number of hydrogen-bond donors (Lipinski definition) is 2. The van der Waals surface area contributed by atoms with Gasteiger partial charge in [0.05, 0.1) is 28.3 Å². The molecule has 0 saturated heterocycles. The second kappa shape index (κ2) is 7.94. The average molecular weight is 419 g/mol. The molecule has 1 heterocycles. The van der Waals surface area contributed by atoms with Crippen LogP contribution < -0.4 is 19.5 Å². The Labute approximate surface area is 171 Å². The summed E-state index contributed by atoms with van der Waals surface area (Å²) in [6, 6.07) is 9.54. The zero-order valence-corrected chi connectivity index (χ0v) is 17.9. The van der Waals surface area contributed by atoms with Crippen molar-refractivity contribution >= 4 is 27.3 Å². The summed E-state index contributed by atoms with van der Waals surface area (Å²) in [7, 11) is -3.80. The van der Waals surface area contributed by atoms with Crippen molar-refractivity contribution in [3.8, 4) is 11.5 Å². The van der Waals surface area contributed by atoms with Crippen LogP contribution in [0, 0.1) is 12.3 Å². The van der Waals surface area contributed by atoms with E-state index in [1.54, 1.807) is 51.1 Å². The highest BCUT2D eigenvalue weighted by molar-refractivity contribution is 7.92. The number of ether oxygens (including phenoxy) is 2. The van der Waals surface area contributed by atoms with Crippen molar-refractivity contribution < 1.29 is 22.7 Å². The fourth-order valence-electron chi connectivity index (χ4n) is 2.81. The van der Waals surface area contributed by atoms with E-state index >= 15 is 0 Å². The lowest BCUT2D eigenvalue weighted by atomic mass is 9.94. The number of aryl methyl sites for hydroxylation is 1. The quantitative estimate of drug-likeness (QED) is 0.741. The summed E-state index contributed by atoms with van der Waals surface area (Å²) >= 11 is 0. The summed E-state index contributed by atoms with van der Waals surface area (Å²) in [6.07, 6.45) is 0.872. The molecule has 0 bridgehead atoms. The summed E-state index contributed by atoms with van der Waals surface area (Å²) in [5, 5.41) is 2.80. The Morgan fingerprint density at radius 2 is 1.97 bits per heavy atom. The van der Waals surface area contributed by atoms with Crippen molar-refractivity contribution in [3.63, 3.8) is 0 Å². The van der Waals surface area contributed by atoms with Crippen molar-refractivity contribution in [1.29, 1.82) is 0 Å². The second-order valence-corrected chi connectivity index (χ2v) is 9.40. The summed E-state index contributed by atoms with van der Waals surface area (Å²) in [6.45, 7) is 8.20. The first-order valence-electron chi connectivity index (χ1n) is 9.47. The lowest BCUT2D eigenvalue weighted by Crippen LogP contribution is -2.33. The number of hydrogen-bond acceptors (Lipinski definition) is 5. The van der Waals surface area contributed by atoms with Crippen LogP contribution in [0.1, 0.15) is 32.8 Å². The summed E-state index contributed by atoms with van der Waals surface area (Å²) in [5.41, 5.74) is 0.820. The third-order valence-electron chi connectivity index (χ3n) is 4.60. The number of nitrogens with one attached hydrogen (secondary N) is 2. The third-order valence-corrected chi connectivity index (χ3v) is 5.98. The lowest BCUT2D eigenvalue weighted by Gasteiger charge is -2.18. The molecule has 0 radical (unpaired) electrons. The lowest BCUT2D eigenvalue weighted by molar-refractivity contribution is -0.124. The highest BCUT2D eigenvalue weighted by atomic mass is 32.2. The van der Waals surface area contributed by atoms with E-state index in [-0.39, 0.29) is 17.4 Å². The smallest absolute Gasteiger partial charge is 0.261 e. The van der Waals surface area contributed by atoms with Gasteiger partial charge in [0.2, 0.25) is 5.91 Å². The Hall–Kier alpha value is -2.74. The van der Waals surface area contributed by atoms with Crippen molar-refractivity contribution in [2.45, 2.75) is 39.0 Å². The molecule has 3 rings (SSSR count). The van der Waals surface area contributed by atoms with Gasteiger partial charge in [-0.15, -0.1) is 0 Å². The van der Waals surface area contributed by atoms with Crippen LogP contribution in [0.3, 0.4) is 0 Å². The molecule has 7 nitrogen and oxygen atoms in total. The fourth-order valence-corrected chi connectivity index (χ4v) is 3.94. The Morgan fingerprint density at radius 1 is 1.21 bits per heavy atom. The molecule has 1 amide bonds. The number of fused-ring (bicyclic) bond motifs is 1. The summed E-state index contributed by atoms with van der Waals surface area (Å²) < 4.78 is 39.5. The predicted molar refractivity (Wildman–Crippen MR) is 112 cm³/mol. The van der Waals surface area contributed by atoms with Gasteiger partial charge in [-0.3, -0.25) is 9.52 Å². The van der Waals surface area contributed by atoms with Gasteiger partial charge in [0, 0.05) is 0 Å². The molecule has 1 aliphatic rings. The maximum atomic E-state index is 12.8. The minimum atomic E-state index is -3.80. The molecule has 0 saturated carbocycles. The van der Waals surface area contributed by atoms with Crippen LogP contribution in [0.25, 0.3) is 0 Å². The van der Waals surface area contributed by atoms with Gasteiger partial charge in [-0.25, -0.2) is 8.42 Å². The highest BCUT2D eigenvalue weighted by Crippen LogP contribution is 2.35. The maximum absolute atomic E-state index is 12.8. The van der Waals surface area contributed by atoms with Crippen LogP contribution in [0.2, 0.25) is 0 Å². The van der Waals surface area contributed by atoms with E-state index in [4.69, 9.17) is 9.47 Å². The Kier molecular flexibility index (Phi) is 5.75. The molecule has 8 heteroatoms. The van der Waals surface area contributed by atoms with Crippen molar-refractivity contribution in [2.24, 2.45) is 5.41 Å². The Balaban J connectivity index is 1.83. The molecule has 2 N–H and O–H groups in total. The van der Waals surface area contributed by atoms with Crippen LogP contribution >= 0.6 is 0 Å². The molecule has 2 aromatic rings. The number of benzene rings is 2. The van der Waals surface area contributed by atoms with Gasteiger partial charge >= 0.3 is 0 Å². The summed E-state index contributed by atoms with van der Waals surface area (Å²) in [5.74, 6) is 0.980. The van der Waals surface area contributed by atoms with Crippen LogP contribution in [-0.2, 0) is 14.8 Å². The monoisotopic (exact) mass is 418 g/mol. The highest BCUT2D eigenvalue weighted by Gasteiger charge is 2.32. The molecule has 156 valence electrons. The Morgan fingerprint density at radius 3 is 2.66 bits per heavy atom. The zero-order chi connectivity index (χ0) is 21.2. The summed E-state index contributed by atoms with van der Waals surface area (Å²) in [4.78, 5) is 12.5. The van der Waals surface area contributed by atoms with Gasteiger partial charge in [0.1, 0.15) is 18.1 Å². The molecule has 0 unspecified atom stereocenters. The average Bonchev–Trinajstić information content (AvgIpc) is 2.76. The van der Waals surface area contributed by atoms with Gasteiger partial charge in [-0.05, 0) is 69.2 Å². The standard InChI is InChI=1S/C21H26N2O5S/c1-5-10-27-18-9-7-16(11-14(18)2)29(25,26)23-15-6-8-19-17(12-15)22-20(24)21(3,4)13-28-19/h6-9,11-12,23H,5,10,13H2,1-4H3,(H,22,24). The van der Waals surface area contributed by atoms with E-state index in [0.717, 1.165) is 12.0 Å². The van der Waals surface area contributed by atoms with Gasteiger partial charge in [-0.2, -0.15) is 0 Å². The van der Waals surface area contributed by atoms with E-state index in [1.165, 1.54) is 6.07 Å². The molecule has 0 atom stereocenters. The number of amides is 1. The van der Waals surface area contributed by atoms with Gasteiger partial charge in [-0.1, -0.05) is 6.92 Å². The SMILES string of the molecule is CCCOc1ccc(S(=O)(=O)Nc2ccc3c(c2)NC(=O)C(C)(C)CO3)cc1C. The minimum Gasteiger partial charge on any atom is -0.493 e. The number of carbonyl (C=O) groups excluding carboxylic acids is 1. The molecule has 0 aromatic heterocycles. The first-order valence-corrected chi connectivity index (χ1v) is 11.0. The van der Waals surface area contributed by atoms with Gasteiger partial charge < -0.3 is 14.8 Å². The van der Waals surface area contributed by atoms with Crippen molar-refractivity contribution in [1.82, 2.24) is 0 Å². The first-order chi connectivity index (χ1) is 13.6. The molecule has 0 aliphatic carbocycles. The van der Waals surface area contributed by atoms with E-state index in [1.807, 2.05) is 6.92 Å². The Bertz CT molecular complexity index is 1030. The number of sulfonamides is 1. The molecule has 0 spiro atoms. The van der Waals surface area contributed by atoms with Crippen molar-refractivity contribution in [3.05, 3.63) is 42.0 Å². The molecule has 0 fully saturated rings. The van der Waals surface area contributed by atoms with E-state index in [0.29, 0.717) is 29.5 Å². The minimum absolute atomic E-state index is 0.134. The zero-order valence-electron chi connectivity index (χ0n) is 17.0. The van der Waals surface area contributed by atoms with Crippen LogP contribution in [0.15, 0.2) is 41.3 Å². The number of rotatable bonds is 6. The topological polar surface area (TPSA) is 93.7 Å². The third kappa shape index (κ3) is 4.64. The molecular weight excluding hydrogens is 392 g/mol. The van der Waals surface area contributed by atoms with E-state index in [9.17, 15) is 13.2 Å². The molecular formula is C21H26N2O5S. The molecule has 29 heavy (non-hydrogen) atoms.